The molecule has 2 rings (SSSR count). The first-order chi connectivity index (χ1) is 12.3. The molecule has 0 radical (unpaired) electrons. The number of aliphatic hydroxyl groups excluding tert-OH is 1. The molecular weight excluding hydrogens is 330 g/mol. The number of aliphatic hydroxyl groups is 1. The second-order valence-electron chi connectivity index (χ2n) is 7.84. The lowest BCUT2D eigenvalue weighted by Gasteiger charge is -2.35. The summed E-state index contributed by atoms with van der Waals surface area (Å²) in [5.41, 5.74) is 0.480. The number of ether oxygens (including phenoxy) is 1. The maximum absolute atomic E-state index is 12.0. The third-order valence-corrected chi connectivity index (χ3v) is 4.39. The van der Waals surface area contributed by atoms with Crippen molar-refractivity contribution in [2.24, 2.45) is 0 Å². The predicted molar refractivity (Wildman–Crippen MR) is 103 cm³/mol. The SMILES string of the molecule is CC(C)(C)OC[C@H](O)CN1CCN(CCNC(=O)c2ccccc2)CC1. The molecule has 0 spiro atoms. The summed E-state index contributed by atoms with van der Waals surface area (Å²) in [4.78, 5) is 16.6. The second-order valence-corrected chi connectivity index (χ2v) is 7.84. The molecule has 6 nitrogen and oxygen atoms in total. The molecule has 0 aliphatic carbocycles. The highest BCUT2D eigenvalue weighted by molar-refractivity contribution is 5.94. The topological polar surface area (TPSA) is 65.0 Å². The Labute approximate surface area is 157 Å². The van der Waals surface area contributed by atoms with Crippen molar-refractivity contribution in [2.45, 2.75) is 32.5 Å². The Kier molecular flexibility index (Phi) is 8.03. The Morgan fingerprint density at radius 1 is 1.15 bits per heavy atom. The third-order valence-electron chi connectivity index (χ3n) is 4.39. The smallest absolute Gasteiger partial charge is 0.251 e. The lowest BCUT2D eigenvalue weighted by Crippen LogP contribution is -2.50. The monoisotopic (exact) mass is 363 g/mol. The van der Waals surface area contributed by atoms with Crippen molar-refractivity contribution in [3.05, 3.63) is 35.9 Å². The van der Waals surface area contributed by atoms with Gasteiger partial charge in [0.2, 0.25) is 0 Å². The van der Waals surface area contributed by atoms with Gasteiger partial charge in [-0.25, -0.2) is 0 Å². The summed E-state index contributed by atoms with van der Waals surface area (Å²) in [6.45, 7) is 12.3. The summed E-state index contributed by atoms with van der Waals surface area (Å²) < 4.78 is 5.64. The van der Waals surface area contributed by atoms with Gasteiger partial charge >= 0.3 is 0 Å². The van der Waals surface area contributed by atoms with Crippen LogP contribution in [0, 0.1) is 0 Å². The number of hydrogen-bond donors (Lipinski definition) is 2. The van der Waals surface area contributed by atoms with Crippen LogP contribution >= 0.6 is 0 Å². The van der Waals surface area contributed by atoms with Crippen LogP contribution in [0.3, 0.4) is 0 Å². The van der Waals surface area contributed by atoms with E-state index >= 15 is 0 Å². The van der Waals surface area contributed by atoms with Crippen LogP contribution < -0.4 is 5.32 Å². The largest absolute Gasteiger partial charge is 0.389 e. The summed E-state index contributed by atoms with van der Waals surface area (Å²) >= 11 is 0. The molecule has 1 aromatic rings. The van der Waals surface area contributed by atoms with Gasteiger partial charge in [-0.1, -0.05) is 18.2 Å². The average molecular weight is 364 g/mol. The standard InChI is InChI=1S/C20H33N3O3/c1-20(2,3)26-16-18(24)15-23-13-11-22(12-14-23)10-9-21-19(25)17-7-5-4-6-8-17/h4-8,18,24H,9-16H2,1-3H3,(H,21,25)/t18-/m1/s1. The number of nitrogens with zero attached hydrogens (tertiary/aromatic N) is 2. The fraction of sp³-hybridized carbons (Fsp3) is 0.650. The summed E-state index contributed by atoms with van der Waals surface area (Å²) in [7, 11) is 0. The molecule has 0 saturated carbocycles. The zero-order valence-electron chi connectivity index (χ0n) is 16.3. The van der Waals surface area contributed by atoms with Crippen molar-refractivity contribution in [1.29, 1.82) is 0 Å². The van der Waals surface area contributed by atoms with Crippen molar-refractivity contribution in [3.8, 4) is 0 Å². The van der Waals surface area contributed by atoms with Gasteiger partial charge in [0.1, 0.15) is 0 Å². The zero-order valence-corrected chi connectivity index (χ0v) is 16.3. The predicted octanol–water partition coefficient (Wildman–Crippen LogP) is 1.21. The summed E-state index contributed by atoms with van der Waals surface area (Å²) in [6.07, 6.45) is -0.453. The molecule has 1 amide bonds. The minimum absolute atomic E-state index is 0.0220. The number of carbonyl (C=O) groups is 1. The molecule has 146 valence electrons. The number of amides is 1. The van der Waals surface area contributed by atoms with Crippen molar-refractivity contribution in [2.75, 3.05) is 52.4 Å². The van der Waals surface area contributed by atoms with E-state index in [0.717, 1.165) is 32.7 Å². The maximum atomic E-state index is 12.0. The molecule has 0 unspecified atom stereocenters. The molecular formula is C20H33N3O3. The molecule has 6 heteroatoms. The number of benzene rings is 1. The minimum atomic E-state index is -0.453. The molecule has 1 saturated heterocycles. The van der Waals surface area contributed by atoms with Gasteiger partial charge in [-0.2, -0.15) is 0 Å². The number of rotatable bonds is 8. The van der Waals surface area contributed by atoms with Crippen LogP contribution in [0.15, 0.2) is 30.3 Å². The molecule has 26 heavy (non-hydrogen) atoms. The van der Waals surface area contributed by atoms with Gasteiger partial charge in [-0.3, -0.25) is 14.6 Å². The van der Waals surface area contributed by atoms with Gasteiger partial charge in [0.05, 0.1) is 18.3 Å². The van der Waals surface area contributed by atoms with Crippen molar-refractivity contribution in [1.82, 2.24) is 15.1 Å². The van der Waals surface area contributed by atoms with Gasteiger partial charge in [0, 0.05) is 51.4 Å². The third kappa shape index (κ3) is 7.83. The van der Waals surface area contributed by atoms with Crippen LogP contribution in [0.4, 0.5) is 0 Å². The van der Waals surface area contributed by atoms with Crippen LogP contribution in [-0.2, 0) is 4.74 Å². The van der Waals surface area contributed by atoms with E-state index in [-0.39, 0.29) is 11.5 Å². The summed E-state index contributed by atoms with van der Waals surface area (Å²) in [5.74, 6) is -0.0220. The van der Waals surface area contributed by atoms with Crippen LogP contribution in [0.1, 0.15) is 31.1 Å². The summed E-state index contributed by atoms with van der Waals surface area (Å²) in [5, 5.41) is 13.1. The quantitative estimate of drug-likeness (QED) is 0.727. The number of β-amino-alcohol motifs (C(OH)–C–C–N with tert-alkyl or cyclic N) is 1. The van der Waals surface area contributed by atoms with Crippen molar-refractivity contribution < 1.29 is 14.6 Å². The Bertz CT molecular complexity index is 537. The first-order valence-corrected chi connectivity index (χ1v) is 9.43. The van der Waals surface area contributed by atoms with Crippen LogP contribution in [0.2, 0.25) is 0 Å². The lowest BCUT2D eigenvalue weighted by atomic mass is 10.2. The van der Waals surface area contributed by atoms with Crippen LogP contribution in [-0.4, -0.2) is 84.9 Å². The van der Waals surface area contributed by atoms with E-state index in [2.05, 4.69) is 15.1 Å². The molecule has 0 bridgehead atoms. The van der Waals surface area contributed by atoms with E-state index in [1.54, 1.807) is 0 Å². The van der Waals surface area contributed by atoms with Crippen LogP contribution in [0.25, 0.3) is 0 Å². The van der Waals surface area contributed by atoms with Crippen LogP contribution in [0.5, 0.6) is 0 Å². The lowest BCUT2D eigenvalue weighted by molar-refractivity contribution is -0.0585. The highest BCUT2D eigenvalue weighted by Crippen LogP contribution is 2.08. The van der Waals surface area contributed by atoms with E-state index in [1.165, 1.54) is 0 Å². The van der Waals surface area contributed by atoms with Gasteiger partial charge in [0.25, 0.3) is 5.91 Å². The van der Waals surface area contributed by atoms with E-state index in [9.17, 15) is 9.90 Å². The first-order valence-electron chi connectivity index (χ1n) is 9.43. The van der Waals surface area contributed by atoms with Gasteiger partial charge < -0.3 is 15.2 Å². The van der Waals surface area contributed by atoms with E-state index in [1.807, 2.05) is 51.1 Å². The minimum Gasteiger partial charge on any atom is -0.389 e. The van der Waals surface area contributed by atoms with Gasteiger partial charge in [-0.05, 0) is 32.9 Å². The average Bonchev–Trinajstić information content (AvgIpc) is 2.61. The normalized spacial score (nSPS) is 17.8. The Morgan fingerprint density at radius 3 is 2.38 bits per heavy atom. The Morgan fingerprint density at radius 2 is 1.77 bits per heavy atom. The van der Waals surface area contributed by atoms with Crippen molar-refractivity contribution in [3.63, 3.8) is 0 Å². The summed E-state index contributed by atoms with van der Waals surface area (Å²) in [6, 6.07) is 9.29. The maximum Gasteiger partial charge on any atom is 0.251 e. The fourth-order valence-corrected chi connectivity index (χ4v) is 2.91. The molecule has 1 fully saturated rings. The number of piperazine rings is 1. The molecule has 1 aliphatic heterocycles. The molecule has 1 aliphatic rings. The number of nitrogens with one attached hydrogen (secondary N) is 1. The second kappa shape index (κ2) is 10.0. The van der Waals surface area contributed by atoms with Crippen molar-refractivity contribution >= 4 is 5.91 Å². The van der Waals surface area contributed by atoms with Gasteiger partial charge in [-0.15, -0.1) is 0 Å². The molecule has 1 heterocycles. The van der Waals surface area contributed by atoms with E-state index in [0.29, 0.717) is 25.3 Å². The Balaban J connectivity index is 1.59. The fourth-order valence-electron chi connectivity index (χ4n) is 2.91. The zero-order chi connectivity index (χ0) is 19.0. The van der Waals surface area contributed by atoms with E-state index < -0.39 is 6.10 Å². The number of hydrogen-bond acceptors (Lipinski definition) is 5. The number of carbonyl (C=O) groups excluding carboxylic acids is 1. The highest BCUT2D eigenvalue weighted by Gasteiger charge is 2.20. The van der Waals surface area contributed by atoms with E-state index in [4.69, 9.17) is 4.74 Å². The highest BCUT2D eigenvalue weighted by atomic mass is 16.5. The first kappa shape index (κ1) is 20.8. The molecule has 0 aromatic heterocycles. The molecule has 2 N–H and O–H groups in total. The van der Waals surface area contributed by atoms with Gasteiger partial charge in [0.15, 0.2) is 0 Å². The molecule has 1 atom stereocenters. The Hall–Kier alpha value is -1.47. The molecule has 1 aromatic carbocycles.